The monoisotopic (exact) mass is 265 g/mol. The van der Waals surface area contributed by atoms with Gasteiger partial charge in [-0.1, -0.05) is 20.8 Å². The predicted molar refractivity (Wildman–Crippen MR) is 80.9 cm³/mol. The molecule has 0 saturated carbocycles. The predicted octanol–water partition coefficient (Wildman–Crippen LogP) is 1.63. The van der Waals surface area contributed by atoms with E-state index >= 15 is 0 Å². The van der Waals surface area contributed by atoms with Crippen LogP contribution in [-0.4, -0.2) is 54.5 Å². The molecule has 1 aromatic rings. The van der Waals surface area contributed by atoms with Gasteiger partial charge < -0.3 is 15.1 Å². The lowest BCUT2D eigenvalue weighted by molar-refractivity contribution is 0.312. The van der Waals surface area contributed by atoms with Crippen molar-refractivity contribution in [1.29, 1.82) is 0 Å². The Labute approximate surface area is 116 Å². The summed E-state index contributed by atoms with van der Waals surface area (Å²) in [4.78, 5) is 4.72. The van der Waals surface area contributed by atoms with E-state index in [4.69, 9.17) is 0 Å². The summed E-state index contributed by atoms with van der Waals surface area (Å²) in [6, 6.07) is 2.16. The van der Waals surface area contributed by atoms with Crippen molar-refractivity contribution in [3.8, 4) is 0 Å². The van der Waals surface area contributed by atoms with Crippen LogP contribution in [-0.2, 0) is 7.05 Å². The summed E-state index contributed by atoms with van der Waals surface area (Å²) in [5.74, 6) is 2.19. The molecule has 5 heteroatoms. The molecule has 0 aliphatic carbocycles. The molecule has 0 atom stereocenters. The van der Waals surface area contributed by atoms with Gasteiger partial charge in [0, 0.05) is 45.8 Å². The summed E-state index contributed by atoms with van der Waals surface area (Å²) in [6.07, 6.45) is 0. The van der Waals surface area contributed by atoms with Crippen molar-refractivity contribution in [2.75, 3.05) is 50.0 Å². The van der Waals surface area contributed by atoms with E-state index in [9.17, 15) is 0 Å². The summed E-state index contributed by atoms with van der Waals surface area (Å²) >= 11 is 0. The Hall–Kier alpha value is -1.23. The third kappa shape index (κ3) is 3.86. The fourth-order valence-electron chi connectivity index (χ4n) is 2.16. The molecule has 1 aromatic heterocycles. The molecular weight excluding hydrogens is 238 g/mol. The van der Waals surface area contributed by atoms with Crippen molar-refractivity contribution in [3.63, 3.8) is 0 Å². The Kier molecular flexibility index (Phi) is 4.04. The highest BCUT2D eigenvalue weighted by Crippen LogP contribution is 2.21. The van der Waals surface area contributed by atoms with Gasteiger partial charge in [0.1, 0.15) is 5.82 Å². The number of piperazine rings is 1. The number of rotatable bonds is 3. The SMILES string of the molecule is CN1CCN(c2cc(NCC(C)(C)C)n(C)n2)CC1. The van der Waals surface area contributed by atoms with Gasteiger partial charge in [-0.05, 0) is 12.5 Å². The second-order valence-corrected chi connectivity index (χ2v) is 6.72. The summed E-state index contributed by atoms with van der Waals surface area (Å²) in [6.45, 7) is 12.0. The molecule has 1 saturated heterocycles. The lowest BCUT2D eigenvalue weighted by Crippen LogP contribution is -2.44. The molecule has 2 heterocycles. The number of aryl methyl sites for hydroxylation is 1. The van der Waals surface area contributed by atoms with Crippen molar-refractivity contribution in [2.24, 2.45) is 12.5 Å². The lowest BCUT2D eigenvalue weighted by atomic mass is 9.97. The highest BCUT2D eigenvalue weighted by molar-refractivity contribution is 5.50. The second-order valence-electron chi connectivity index (χ2n) is 6.72. The van der Waals surface area contributed by atoms with Crippen LogP contribution in [0, 0.1) is 5.41 Å². The average molecular weight is 265 g/mol. The van der Waals surface area contributed by atoms with Crippen LogP contribution >= 0.6 is 0 Å². The van der Waals surface area contributed by atoms with Crippen LogP contribution in [0.25, 0.3) is 0 Å². The molecule has 1 N–H and O–H groups in total. The van der Waals surface area contributed by atoms with Crippen molar-refractivity contribution in [3.05, 3.63) is 6.07 Å². The van der Waals surface area contributed by atoms with Gasteiger partial charge in [-0.25, -0.2) is 0 Å². The van der Waals surface area contributed by atoms with Crippen LogP contribution in [0.4, 0.5) is 11.6 Å². The van der Waals surface area contributed by atoms with Gasteiger partial charge in [0.2, 0.25) is 0 Å². The number of anilines is 2. The Morgan fingerprint density at radius 1 is 1.16 bits per heavy atom. The summed E-state index contributed by atoms with van der Waals surface area (Å²) < 4.78 is 1.94. The zero-order valence-corrected chi connectivity index (χ0v) is 12.9. The zero-order chi connectivity index (χ0) is 14.0. The largest absolute Gasteiger partial charge is 0.370 e. The van der Waals surface area contributed by atoms with Crippen LogP contribution in [0.15, 0.2) is 6.07 Å². The first-order valence-corrected chi connectivity index (χ1v) is 7.06. The molecule has 0 unspecified atom stereocenters. The number of hydrogen-bond acceptors (Lipinski definition) is 4. The first kappa shape index (κ1) is 14.2. The van der Waals surface area contributed by atoms with Crippen molar-refractivity contribution in [2.45, 2.75) is 20.8 Å². The standard InChI is InChI=1S/C14H27N5/c1-14(2,3)11-15-12-10-13(16-18(12)5)19-8-6-17(4)7-9-19/h10,15H,6-9,11H2,1-5H3. The second kappa shape index (κ2) is 5.41. The molecule has 5 nitrogen and oxygen atoms in total. The molecule has 1 fully saturated rings. The maximum Gasteiger partial charge on any atom is 0.152 e. The average Bonchev–Trinajstić information content (AvgIpc) is 2.68. The Morgan fingerprint density at radius 3 is 2.37 bits per heavy atom. The summed E-state index contributed by atoms with van der Waals surface area (Å²) in [5, 5.41) is 8.11. The summed E-state index contributed by atoms with van der Waals surface area (Å²) in [7, 11) is 4.18. The number of aromatic nitrogens is 2. The van der Waals surface area contributed by atoms with Gasteiger partial charge in [-0.2, -0.15) is 5.10 Å². The van der Waals surface area contributed by atoms with Crippen LogP contribution < -0.4 is 10.2 Å². The maximum absolute atomic E-state index is 4.62. The molecule has 1 aliphatic rings. The zero-order valence-electron chi connectivity index (χ0n) is 12.9. The minimum absolute atomic E-state index is 0.276. The van der Waals surface area contributed by atoms with Gasteiger partial charge >= 0.3 is 0 Å². The normalized spacial score (nSPS) is 17.8. The first-order valence-electron chi connectivity index (χ1n) is 7.06. The maximum atomic E-state index is 4.62. The fraction of sp³-hybridized carbons (Fsp3) is 0.786. The van der Waals surface area contributed by atoms with E-state index in [1.165, 1.54) is 0 Å². The molecule has 1 aliphatic heterocycles. The molecule has 0 radical (unpaired) electrons. The molecule has 0 bridgehead atoms. The molecule has 0 spiro atoms. The van der Waals surface area contributed by atoms with Crippen molar-refractivity contribution in [1.82, 2.24) is 14.7 Å². The molecule has 108 valence electrons. The van der Waals surface area contributed by atoms with Crippen molar-refractivity contribution < 1.29 is 0 Å². The molecule has 0 amide bonds. The van der Waals surface area contributed by atoms with Crippen LogP contribution in [0.1, 0.15) is 20.8 Å². The number of nitrogens with one attached hydrogen (secondary N) is 1. The lowest BCUT2D eigenvalue weighted by Gasteiger charge is -2.32. The van der Waals surface area contributed by atoms with Gasteiger partial charge in [-0.3, -0.25) is 4.68 Å². The van der Waals surface area contributed by atoms with Crippen molar-refractivity contribution >= 4 is 11.6 Å². The third-order valence-corrected chi connectivity index (χ3v) is 3.49. The van der Waals surface area contributed by atoms with E-state index in [0.29, 0.717) is 0 Å². The Morgan fingerprint density at radius 2 is 1.79 bits per heavy atom. The van der Waals surface area contributed by atoms with Gasteiger partial charge in [0.05, 0.1) is 0 Å². The quantitative estimate of drug-likeness (QED) is 0.901. The molecule has 0 aromatic carbocycles. The van der Waals surface area contributed by atoms with E-state index in [2.05, 4.69) is 54.1 Å². The van der Waals surface area contributed by atoms with E-state index < -0.39 is 0 Å². The highest BCUT2D eigenvalue weighted by atomic mass is 15.4. The van der Waals surface area contributed by atoms with Crippen LogP contribution in [0.2, 0.25) is 0 Å². The number of hydrogen-bond donors (Lipinski definition) is 1. The Balaban J connectivity index is 2.00. The molecule has 2 rings (SSSR count). The number of nitrogens with zero attached hydrogens (tertiary/aromatic N) is 4. The fourth-order valence-corrected chi connectivity index (χ4v) is 2.16. The minimum Gasteiger partial charge on any atom is -0.370 e. The van der Waals surface area contributed by atoms with E-state index in [0.717, 1.165) is 44.4 Å². The summed E-state index contributed by atoms with van der Waals surface area (Å²) in [5.41, 5.74) is 0.276. The van der Waals surface area contributed by atoms with Gasteiger partial charge in [-0.15, -0.1) is 0 Å². The first-order chi connectivity index (χ1) is 8.85. The third-order valence-electron chi connectivity index (χ3n) is 3.49. The van der Waals surface area contributed by atoms with Gasteiger partial charge in [0.25, 0.3) is 0 Å². The Bertz CT molecular complexity index is 410. The minimum atomic E-state index is 0.276. The van der Waals surface area contributed by atoms with Crippen LogP contribution in [0.5, 0.6) is 0 Å². The molecular formula is C14H27N5. The van der Waals surface area contributed by atoms with Crippen LogP contribution in [0.3, 0.4) is 0 Å². The van der Waals surface area contributed by atoms with E-state index in [-0.39, 0.29) is 5.41 Å². The molecule has 19 heavy (non-hydrogen) atoms. The number of likely N-dealkylation sites (N-methyl/N-ethyl adjacent to an activating group) is 1. The van der Waals surface area contributed by atoms with E-state index in [1.54, 1.807) is 0 Å². The highest BCUT2D eigenvalue weighted by Gasteiger charge is 2.18. The van der Waals surface area contributed by atoms with E-state index in [1.807, 2.05) is 11.7 Å². The topological polar surface area (TPSA) is 36.3 Å². The smallest absolute Gasteiger partial charge is 0.152 e. The van der Waals surface area contributed by atoms with Gasteiger partial charge in [0.15, 0.2) is 5.82 Å².